The van der Waals surface area contributed by atoms with E-state index in [4.69, 9.17) is 5.73 Å². The van der Waals surface area contributed by atoms with Crippen LogP contribution >= 0.6 is 12.6 Å². The number of rotatable bonds is 15. The van der Waals surface area contributed by atoms with E-state index < -0.39 is 11.6 Å². The molecule has 0 rings (SSSR count). The van der Waals surface area contributed by atoms with Crippen LogP contribution in [0.15, 0.2) is 12.2 Å². The van der Waals surface area contributed by atoms with Crippen molar-refractivity contribution in [1.29, 1.82) is 0 Å². The quantitative estimate of drug-likeness (QED) is 0.161. The van der Waals surface area contributed by atoms with Gasteiger partial charge in [-0.05, 0) is 18.8 Å². The highest BCUT2D eigenvalue weighted by Crippen LogP contribution is 2.20. The van der Waals surface area contributed by atoms with Crippen LogP contribution in [-0.2, 0) is 9.59 Å². The van der Waals surface area contributed by atoms with Gasteiger partial charge >= 0.3 is 5.97 Å². The van der Waals surface area contributed by atoms with E-state index in [2.05, 4.69) is 31.8 Å². The van der Waals surface area contributed by atoms with E-state index in [-0.39, 0.29) is 44.5 Å². The summed E-state index contributed by atoms with van der Waals surface area (Å²) in [5.74, 6) is -0.574. The Morgan fingerprint density at radius 3 is 2.48 bits per heavy atom. The number of nitrogens with one attached hydrogen (secondary N) is 1. The van der Waals surface area contributed by atoms with Crippen molar-refractivity contribution in [2.75, 3.05) is 25.4 Å². The fourth-order valence-electron chi connectivity index (χ4n) is 2.68. The highest BCUT2D eigenvalue weighted by Gasteiger charge is 2.45. The Bertz CT molecular complexity index is 476. The van der Waals surface area contributed by atoms with Crippen molar-refractivity contribution in [2.24, 2.45) is 11.7 Å². The van der Waals surface area contributed by atoms with Crippen LogP contribution in [-0.4, -0.2) is 64.1 Å². The van der Waals surface area contributed by atoms with Crippen LogP contribution in [0.25, 0.3) is 0 Å². The first-order valence-corrected chi connectivity index (χ1v) is 10.3. The van der Waals surface area contributed by atoms with Gasteiger partial charge in [0.05, 0.1) is 0 Å². The number of carbonyl (C=O) groups excluding carboxylic acids is 1. The molecule has 158 valence electrons. The van der Waals surface area contributed by atoms with Gasteiger partial charge in [0.15, 0.2) is 5.66 Å². The van der Waals surface area contributed by atoms with Crippen molar-refractivity contribution >= 4 is 24.5 Å². The number of nitrogens with two attached hydrogens (primary N) is 1. The van der Waals surface area contributed by atoms with Gasteiger partial charge in [-0.15, -0.1) is 0 Å². The van der Waals surface area contributed by atoms with Gasteiger partial charge in [0.25, 0.3) is 0 Å². The number of allylic oxidation sites excluding steroid dienone is 1. The van der Waals surface area contributed by atoms with Crippen LogP contribution in [0.3, 0.4) is 0 Å². The summed E-state index contributed by atoms with van der Waals surface area (Å²) in [5.41, 5.74) is 4.17. The molecule has 1 amide bonds. The lowest BCUT2D eigenvalue weighted by Crippen LogP contribution is -2.67. The molecule has 0 saturated heterocycles. The minimum atomic E-state index is -1.69. The van der Waals surface area contributed by atoms with E-state index in [9.17, 15) is 19.8 Å². The van der Waals surface area contributed by atoms with Crippen molar-refractivity contribution in [1.82, 2.24) is 10.2 Å². The highest BCUT2D eigenvalue weighted by molar-refractivity contribution is 7.80. The minimum absolute atomic E-state index is 0.121. The van der Waals surface area contributed by atoms with Crippen LogP contribution in [0.1, 0.15) is 52.9 Å². The van der Waals surface area contributed by atoms with Crippen LogP contribution in [0.5, 0.6) is 0 Å². The van der Waals surface area contributed by atoms with E-state index in [1.165, 1.54) is 4.90 Å². The molecule has 0 aromatic heterocycles. The highest BCUT2D eigenvalue weighted by atomic mass is 32.1. The first-order chi connectivity index (χ1) is 12.8. The third kappa shape index (κ3) is 8.64. The monoisotopic (exact) mass is 403 g/mol. The van der Waals surface area contributed by atoms with Gasteiger partial charge in [0, 0.05) is 44.3 Å². The fourth-order valence-corrected chi connectivity index (χ4v) is 2.81. The number of hydrogen-bond acceptors (Lipinski definition) is 6. The summed E-state index contributed by atoms with van der Waals surface area (Å²) >= 11 is 4.11. The summed E-state index contributed by atoms with van der Waals surface area (Å²) in [5, 5.41) is 22.3. The predicted molar refractivity (Wildman–Crippen MR) is 112 cm³/mol. The molecule has 0 aliphatic carbocycles. The number of thiol groups is 1. The van der Waals surface area contributed by atoms with Crippen LogP contribution in [0.4, 0.5) is 0 Å². The zero-order chi connectivity index (χ0) is 20.9. The molecule has 0 aromatic carbocycles. The summed E-state index contributed by atoms with van der Waals surface area (Å²) in [6.45, 7) is 6.21. The van der Waals surface area contributed by atoms with Gasteiger partial charge in [-0.25, -0.2) is 4.79 Å². The molecule has 27 heavy (non-hydrogen) atoms. The summed E-state index contributed by atoms with van der Waals surface area (Å²) in [4.78, 5) is 26.3. The van der Waals surface area contributed by atoms with Crippen LogP contribution in [0.2, 0.25) is 0 Å². The van der Waals surface area contributed by atoms with E-state index >= 15 is 0 Å². The number of aliphatic carboxylic acids is 1. The second kappa shape index (κ2) is 14.0. The summed E-state index contributed by atoms with van der Waals surface area (Å²) in [7, 11) is 0. The molecule has 0 spiro atoms. The second-order valence-electron chi connectivity index (χ2n) is 6.93. The van der Waals surface area contributed by atoms with Gasteiger partial charge in [0.2, 0.25) is 5.91 Å². The fraction of sp³-hybridized carbons (Fsp3) is 0.789. The maximum atomic E-state index is 12.8. The van der Waals surface area contributed by atoms with Gasteiger partial charge in [0.1, 0.15) is 0 Å². The third-order valence-electron chi connectivity index (χ3n) is 4.62. The molecule has 0 bridgehead atoms. The number of carbonyl (C=O) groups is 2. The molecule has 0 aliphatic rings. The summed E-state index contributed by atoms with van der Waals surface area (Å²) in [6.07, 6.45) is 6.31. The summed E-state index contributed by atoms with van der Waals surface area (Å²) < 4.78 is 0. The van der Waals surface area contributed by atoms with Crippen molar-refractivity contribution in [2.45, 2.75) is 64.6 Å². The van der Waals surface area contributed by atoms with Crippen molar-refractivity contribution < 1.29 is 19.8 Å². The standard InChI is InChI=1S/C19H37N3O4S/c1-4-11-22(17(24)9-7-6-8-15(3)5-2)19(10-12-23,18(25)26)21-13-16(20)14-27/h6-7,15-16,21,23,27H,4-5,8-14,20H2,1-3H3,(H,25,26)/t15-,16+,19+/m0/s1. The maximum absolute atomic E-state index is 12.8. The largest absolute Gasteiger partial charge is 0.478 e. The molecule has 0 aliphatic heterocycles. The Balaban J connectivity index is 5.45. The van der Waals surface area contributed by atoms with Gasteiger partial charge in [-0.3, -0.25) is 10.1 Å². The Hall–Kier alpha value is -1.09. The lowest BCUT2D eigenvalue weighted by molar-refractivity contribution is -0.163. The Morgan fingerprint density at radius 1 is 1.33 bits per heavy atom. The van der Waals surface area contributed by atoms with Crippen LogP contribution in [0, 0.1) is 5.92 Å². The number of carboxylic acid groups (broad SMARTS) is 1. The number of carboxylic acids is 1. The molecular weight excluding hydrogens is 366 g/mol. The molecule has 0 radical (unpaired) electrons. The van der Waals surface area contributed by atoms with Gasteiger partial charge < -0.3 is 20.8 Å². The zero-order valence-electron chi connectivity index (χ0n) is 16.9. The average molecular weight is 404 g/mol. The number of nitrogens with zero attached hydrogens (tertiary/aromatic N) is 1. The van der Waals surface area contributed by atoms with E-state index in [0.717, 1.165) is 12.8 Å². The Morgan fingerprint density at radius 2 is 2.00 bits per heavy atom. The first-order valence-electron chi connectivity index (χ1n) is 9.70. The van der Waals surface area contributed by atoms with Gasteiger partial charge in [-0.1, -0.05) is 39.3 Å². The van der Waals surface area contributed by atoms with Gasteiger partial charge in [-0.2, -0.15) is 12.6 Å². The third-order valence-corrected chi connectivity index (χ3v) is 5.09. The van der Waals surface area contributed by atoms with E-state index in [0.29, 0.717) is 18.1 Å². The predicted octanol–water partition coefficient (Wildman–Crippen LogP) is 1.62. The lowest BCUT2D eigenvalue weighted by Gasteiger charge is -2.41. The van der Waals surface area contributed by atoms with Crippen LogP contribution < -0.4 is 11.1 Å². The maximum Gasteiger partial charge on any atom is 0.345 e. The molecule has 0 aromatic rings. The smallest absolute Gasteiger partial charge is 0.345 e. The van der Waals surface area contributed by atoms with Crippen molar-refractivity contribution in [3.63, 3.8) is 0 Å². The Kier molecular flexibility index (Phi) is 13.4. The van der Waals surface area contributed by atoms with Crippen molar-refractivity contribution in [3.8, 4) is 0 Å². The number of hydrogen-bond donors (Lipinski definition) is 5. The Labute approximate surface area is 168 Å². The minimum Gasteiger partial charge on any atom is -0.478 e. The van der Waals surface area contributed by atoms with E-state index in [1.54, 1.807) is 6.08 Å². The number of aliphatic hydroxyl groups is 1. The zero-order valence-corrected chi connectivity index (χ0v) is 17.8. The SMILES string of the molecule is CCCN(C(=O)CC=CC[C@@H](C)CC)[C@@](CCO)(NC[C@@H](N)CS)C(=O)O. The second-order valence-corrected chi connectivity index (χ2v) is 7.30. The molecule has 7 nitrogen and oxygen atoms in total. The molecule has 0 saturated carbocycles. The first kappa shape index (κ1) is 25.9. The molecular formula is C19H37N3O4S. The molecule has 3 atom stereocenters. The summed E-state index contributed by atoms with van der Waals surface area (Å²) in [6, 6.07) is -0.361. The topological polar surface area (TPSA) is 116 Å². The average Bonchev–Trinajstić information content (AvgIpc) is 2.65. The number of amides is 1. The molecule has 5 N–H and O–H groups in total. The molecule has 0 heterocycles. The molecule has 0 unspecified atom stereocenters. The normalized spacial score (nSPS) is 16.1. The molecule has 8 heteroatoms. The lowest BCUT2D eigenvalue weighted by atomic mass is 10.0. The number of aliphatic hydroxyl groups excluding tert-OH is 1. The van der Waals surface area contributed by atoms with Crippen molar-refractivity contribution in [3.05, 3.63) is 12.2 Å². The van der Waals surface area contributed by atoms with E-state index in [1.807, 2.05) is 13.0 Å². The molecule has 0 fully saturated rings.